The standard InChI is InChI=1S/C18H28OS/c1-17-10-8-14-12(13(17)5-6-15(17)19)4-7-16-18(14,2)9-3-11-20-16/h12-14,16H,3-11H2,1-2H3/t12-,13-,14-,16?,17-,18+/m0/s1. The minimum Gasteiger partial charge on any atom is -0.299 e. The summed E-state index contributed by atoms with van der Waals surface area (Å²) in [5.41, 5.74) is 0.644. The zero-order chi connectivity index (χ0) is 14.0. The lowest BCUT2D eigenvalue weighted by Crippen LogP contribution is -2.54. The fourth-order valence-electron chi connectivity index (χ4n) is 6.49. The normalized spacial score (nSPS) is 55.0. The molecule has 1 nitrogen and oxygen atoms in total. The van der Waals surface area contributed by atoms with Crippen LogP contribution in [0.4, 0.5) is 0 Å². The van der Waals surface area contributed by atoms with Crippen molar-refractivity contribution in [3.05, 3.63) is 0 Å². The first kappa shape index (κ1) is 13.7. The Morgan fingerprint density at radius 3 is 2.75 bits per heavy atom. The molecule has 112 valence electrons. The average Bonchev–Trinajstić information content (AvgIpc) is 2.74. The predicted octanol–water partition coefficient (Wildman–Crippen LogP) is 4.69. The summed E-state index contributed by atoms with van der Waals surface area (Å²) < 4.78 is 0. The molecule has 1 unspecified atom stereocenters. The van der Waals surface area contributed by atoms with Crippen LogP contribution in [0.2, 0.25) is 0 Å². The molecule has 4 aliphatic rings. The van der Waals surface area contributed by atoms with Crippen LogP contribution < -0.4 is 0 Å². The zero-order valence-corrected chi connectivity index (χ0v) is 13.8. The van der Waals surface area contributed by atoms with E-state index in [2.05, 4.69) is 25.6 Å². The Morgan fingerprint density at radius 2 is 1.90 bits per heavy atom. The molecule has 4 fully saturated rings. The van der Waals surface area contributed by atoms with E-state index in [4.69, 9.17) is 0 Å². The van der Waals surface area contributed by atoms with Crippen molar-refractivity contribution in [2.24, 2.45) is 28.6 Å². The summed E-state index contributed by atoms with van der Waals surface area (Å²) in [5, 5.41) is 0.916. The summed E-state index contributed by atoms with van der Waals surface area (Å²) in [7, 11) is 0. The lowest BCUT2D eigenvalue weighted by atomic mass is 9.49. The van der Waals surface area contributed by atoms with E-state index >= 15 is 0 Å². The van der Waals surface area contributed by atoms with Gasteiger partial charge in [-0.1, -0.05) is 13.8 Å². The van der Waals surface area contributed by atoms with Crippen LogP contribution in [0.1, 0.15) is 65.2 Å². The third-order valence-electron chi connectivity index (χ3n) is 7.67. The first-order valence-electron chi connectivity index (χ1n) is 8.70. The molecule has 4 rings (SSSR count). The summed E-state index contributed by atoms with van der Waals surface area (Å²) in [5.74, 6) is 4.47. The van der Waals surface area contributed by atoms with Gasteiger partial charge in [-0.15, -0.1) is 0 Å². The van der Waals surface area contributed by atoms with E-state index < -0.39 is 0 Å². The van der Waals surface area contributed by atoms with E-state index in [0.29, 0.717) is 11.2 Å². The summed E-state index contributed by atoms with van der Waals surface area (Å²) in [6.45, 7) is 4.90. The molecule has 6 atom stereocenters. The maximum atomic E-state index is 12.4. The first-order valence-corrected chi connectivity index (χ1v) is 9.75. The third kappa shape index (κ3) is 1.66. The van der Waals surface area contributed by atoms with Gasteiger partial charge < -0.3 is 0 Å². The van der Waals surface area contributed by atoms with Gasteiger partial charge in [0, 0.05) is 17.1 Å². The summed E-state index contributed by atoms with van der Waals surface area (Å²) >= 11 is 2.26. The highest BCUT2D eigenvalue weighted by Gasteiger charge is 2.59. The number of hydrogen-bond acceptors (Lipinski definition) is 2. The van der Waals surface area contributed by atoms with Gasteiger partial charge in [0.2, 0.25) is 0 Å². The second-order valence-electron chi connectivity index (χ2n) is 8.34. The van der Waals surface area contributed by atoms with Crippen molar-refractivity contribution in [1.82, 2.24) is 0 Å². The second-order valence-corrected chi connectivity index (χ2v) is 9.65. The van der Waals surface area contributed by atoms with Crippen LogP contribution in [-0.2, 0) is 4.79 Å². The molecule has 3 aliphatic carbocycles. The van der Waals surface area contributed by atoms with E-state index in [1.165, 1.54) is 50.7 Å². The van der Waals surface area contributed by atoms with Crippen LogP contribution in [0, 0.1) is 28.6 Å². The van der Waals surface area contributed by atoms with Crippen molar-refractivity contribution in [3.8, 4) is 0 Å². The number of thioether (sulfide) groups is 1. The van der Waals surface area contributed by atoms with Crippen molar-refractivity contribution < 1.29 is 4.79 Å². The number of Topliss-reactive ketones (excluding diaryl/α,β-unsaturated/α-hetero) is 1. The van der Waals surface area contributed by atoms with E-state index in [9.17, 15) is 4.79 Å². The minimum absolute atomic E-state index is 0.0617. The molecule has 2 heteroatoms. The van der Waals surface area contributed by atoms with Crippen molar-refractivity contribution in [2.75, 3.05) is 5.75 Å². The number of fused-ring (bicyclic) bond motifs is 5. The molecule has 1 heterocycles. The molecule has 0 amide bonds. The fraction of sp³-hybridized carbons (Fsp3) is 0.944. The van der Waals surface area contributed by atoms with Crippen molar-refractivity contribution >= 4 is 17.5 Å². The Bertz CT molecular complexity index is 433. The van der Waals surface area contributed by atoms with Crippen molar-refractivity contribution in [2.45, 2.75) is 70.5 Å². The Hall–Kier alpha value is 0.0200. The molecule has 0 N–H and O–H groups in total. The van der Waals surface area contributed by atoms with E-state index in [1.807, 2.05) is 0 Å². The maximum absolute atomic E-state index is 12.4. The van der Waals surface area contributed by atoms with Crippen LogP contribution in [0.5, 0.6) is 0 Å². The lowest BCUT2D eigenvalue weighted by Gasteiger charge is -2.59. The van der Waals surface area contributed by atoms with Crippen LogP contribution in [0.25, 0.3) is 0 Å². The Balaban J connectivity index is 1.66. The highest BCUT2D eigenvalue weighted by atomic mass is 32.2. The van der Waals surface area contributed by atoms with Crippen molar-refractivity contribution in [1.29, 1.82) is 0 Å². The zero-order valence-electron chi connectivity index (χ0n) is 13.0. The Labute approximate surface area is 127 Å². The molecule has 1 aliphatic heterocycles. The van der Waals surface area contributed by atoms with Gasteiger partial charge in [0.15, 0.2) is 0 Å². The summed E-state index contributed by atoms with van der Waals surface area (Å²) in [6.07, 6.45) is 10.3. The summed E-state index contributed by atoms with van der Waals surface area (Å²) in [4.78, 5) is 12.4. The minimum atomic E-state index is 0.0617. The van der Waals surface area contributed by atoms with Crippen LogP contribution in [0.3, 0.4) is 0 Å². The number of hydrogen-bond donors (Lipinski definition) is 0. The van der Waals surface area contributed by atoms with Crippen LogP contribution in [0.15, 0.2) is 0 Å². The molecular formula is C18H28OS. The number of carbonyl (C=O) groups excluding carboxylic acids is 1. The van der Waals surface area contributed by atoms with Gasteiger partial charge in [0.1, 0.15) is 5.78 Å². The predicted molar refractivity (Wildman–Crippen MR) is 84.9 cm³/mol. The topological polar surface area (TPSA) is 17.1 Å². The van der Waals surface area contributed by atoms with Crippen LogP contribution in [-0.4, -0.2) is 16.8 Å². The van der Waals surface area contributed by atoms with Crippen molar-refractivity contribution in [3.63, 3.8) is 0 Å². The molecule has 20 heavy (non-hydrogen) atoms. The first-order chi connectivity index (χ1) is 9.56. The lowest BCUT2D eigenvalue weighted by molar-refractivity contribution is -0.133. The second kappa shape index (κ2) is 4.51. The van der Waals surface area contributed by atoms with Gasteiger partial charge in [0.25, 0.3) is 0 Å². The van der Waals surface area contributed by atoms with Gasteiger partial charge in [-0.3, -0.25) is 4.79 Å². The maximum Gasteiger partial charge on any atom is 0.139 e. The molecule has 0 aromatic carbocycles. The molecule has 1 saturated heterocycles. The van der Waals surface area contributed by atoms with Gasteiger partial charge in [-0.25, -0.2) is 0 Å². The van der Waals surface area contributed by atoms with E-state index in [1.54, 1.807) is 0 Å². The largest absolute Gasteiger partial charge is 0.299 e. The number of rotatable bonds is 0. The molecule has 0 aromatic heterocycles. The number of carbonyl (C=O) groups is 1. The summed E-state index contributed by atoms with van der Waals surface area (Å²) in [6, 6.07) is 0. The third-order valence-corrected chi connectivity index (χ3v) is 9.37. The molecule has 0 bridgehead atoms. The SMILES string of the molecule is C[C@]12CCCSC1CC[C@@H]1[C@@H]2CC[C@]2(C)C(=O)CC[C@@H]12. The molecule has 3 saturated carbocycles. The highest BCUT2D eigenvalue weighted by Crippen LogP contribution is 2.64. The smallest absolute Gasteiger partial charge is 0.139 e. The molecule has 0 spiro atoms. The van der Waals surface area contributed by atoms with Crippen LogP contribution >= 0.6 is 11.8 Å². The quantitative estimate of drug-likeness (QED) is 0.644. The molecule has 0 radical (unpaired) electrons. The highest BCUT2D eigenvalue weighted by molar-refractivity contribution is 8.00. The van der Waals surface area contributed by atoms with Gasteiger partial charge in [0.05, 0.1) is 0 Å². The number of ketones is 1. The fourth-order valence-corrected chi connectivity index (χ4v) is 8.06. The van der Waals surface area contributed by atoms with Gasteiger partial charge in [-0.2, -0.15) is 11.8 Å². The van der Waals surface area contributed by atoms with Gasteiger partial charge >= 0.3 is 0 Å². The van der Waals surface area contributed by atoms with E-state index in [0.717, 1.165) is 29.4 Å². The Morgan fingerprint density at radius 1 is 1.05 bits per heavy atom. The monoisotopic (exact) mass is 292 g/mol. The van der Waals surface area contributed by atoms with Gasteiger partial charge in [-0.05, 0) is 73.9 Å². The van der Waals surface area contributed by atoms with E-state index in [-0.39, 0.29) is 5.41 Å². The molecular weight excluding hydrogens is 264 g/mol. The molecule has 0 aromatic rings. The average molecular weight is 292 g/mol. The Kier molecular flexibility index (Phi) is 3.08.